The van der Waals surface area contributed by atoms with E-state index < -0.39 is 22.8 Å². The molecule has 0 saturated heterocycles. The fourth-order valence-corrected chi connectivity index (χ4v) is 1.82. The largest absolute Gasteiger partial charge is 0.326 e. The van der Waals surface area contributed by atoms with Crippen molar-refractivity contribution in [3.05, 3.63) is 61.9 Å². The van der Waals surface area contributed by atoms with Crippen LogP contribution in [0.3, 0.4) is 0 Å². The van der Waals surface area contributed by atoms with Gasteiger partial charge in [-0.15, -0.1) is 0 Å². The molecule has 0 fully saturated rings. The summed E-state index contributed by atoms with van der Waals surface area (Å²) in [6, 6.07) is 6.02. The molecule has 8 heteroatoms. The Morgan fingerprint density at radius 2 is 2.05 bits per heavy atom. The molecule has 0 aliphatic rings. The van der Waals surface area contributed by atoms with Crippen molar-refractivity contribution < 1.29 is 9.18 Å². The van der Waals surface area contributed by atoms with Crippen molar-refractivity contribution in [2.75, 3.05) is 5.32 Å². The van der Waals surface area contributed by atoms with Crippen LogP contribution in [0, 0.1) is 5.82 Å². The van der Waals surface area contributed by atoms with Crippen LogP contribution in [0.5, 0.6) is 0 Å². The van der Waals surface area contributed by atoms with Crippen LogP contribution in [0.1, 0.15) is 6.42 Å². The smallest absolute Gasteiger partial charge is 0.265 e. The molecule has 0 saturated carbocycles. The van der Waals surface area contributed by atoms with Crippen LogP contribution in [0.2, 0.25) is 5.02 Å². The Bertz CT molecular complexity index is 785. The first-order chi connectivity index (χ1) is 9.95. The summed E-state index contributed by atoms with van der Waals surface area (Å²) in [6.07, 6.45) is -0.0329. The summed E-state index contributed by atoms with van der Waals surface area (Å²) in [4.78, 5) is 34.2. The van der Waals surface area contributed by atoms with E-state index >= 15 is 0 Å². The molecule has 21 heavy (non-hydrogen) atoms. The van der Waals surface area contributed by atoms with Crippen molar-refractivity contribution in [1.82, 2.24) is 9.78 Å². The van der Waals surface area contributed by atoms with Crippen molar-refractivity contribution >= 4 is 23.2 Å². The molecule has 0 aliphatic heterocycles. The summed E-state index contributed by atoms with van der Waals surface area (Å²) < 4.78 is 14.0. The van der Waals surface area contributed by atoms with Gasteiger partial charge in [0, 0.05) is 24.2 Å². The quantitative estimate of drug-likeness (QED) is 0.894. The zero-order valence-corrected chi connectivity index (χ0v) is 11.5. The minimum atomic E-state index is -0.580. The first-order valence-corrected chi connectivity index (χ1v) is 6.38. The maximum atomic E-state index is 13.0. The molecule has 1 aromatic carbocycles. The summed E-state index contributed by atoms with van der Waals surface area (Å²) in [5, 5.41) is 4.73. The van der Waals surface area contributed by atoms with Gasteiger partial charge in [-0.2, -0.15) is 0 Å². The third-order valence-electron chi connectivity index (χ3n) is 2.65. The van der Waals surface area contributed by atoms with Crippen molar-refractivity contribution in [3.8, 4) is 0 Å². The number of nitrogens with one attached hydrogen (secondary N) is 2. The molecular weight excluding hydrogens is 301 g/mol. The molecule has 0 radical (unpaired) electrons. The van der Waals surface area contributed by atoms with E-state index in [0.717, 1.165) is 22.9 Å². The number of carbonyl (C=O) groups is 1. The Hall–Kier alpha value is -2.41. The standard InChI is InChI=1S/C13H11ClFN3O3/c14-9-7-8(1-2-10(9)15)16-11(19)5-6-18-13(21)4-3-12(20)17-18/h1-4,7H,5-6H2,(H,16,19)(H,17,20). The summed E-state index contributed by atoms with van der Waals surface area (Å²) in [6.45, 7) is 0.0235. The van der Waals surface area contributed by atoms with Crippen molar-refractivity contribution in [3.63, 3.8) is 0 Å². The lowest BCUT2D eigenvalue weighted by atomic mass is 10.3. The van der Waals surface area contributed by atoms with Gasteiger partial charge < -0.3 is 5.32 Å². The summed E-state index contributed by atoms with van der Waals surface area (Å²) in [7, 11) is 0. The molecule has 1 aromatic heterocycles. The third-order valence-corrected chi connectivity index (χ3v) is 2.94. The van der Waals surface area contributed by atoms with Crippen LogP contribution in [0.15, 0.2) is 39.9 Å². The summed E-state index contributed by atoms with van der Waals surface area (Å²) in [5.74, 6) is -0.975. The van der Waals surface area contributed by atoms with Gasteiger partial charge in [0.2, 0.25) is 5.91 Å². The Kier molecular flexibility index (Phi) is 4.54. The van der Waals surface area contributed by atoms with Gasteiger partial charge in [-0.3, -0.25) is 19.5 Å². The predicted octanol–water partition coefficient (Wildman–Crippen LogP) is 1.36. The minimum absolute atomic E-state index is 0.0235. The number of benzene rings is 1. The summed E-state index contributed by atoms with van der Waals surface area (Å²) >= 11 is 5.60. The number of rotatable bonds is 4. The highest BCUT2D eigenvalue weighted by Gasteiger charge is 2.06. The Morgan fingerprint density at radius 1 is 1.29 bits per heavy atom. The second-order valence-electron chi connectivity index (χ2n) is 4.23. The molecule has 6 nitrogen and oxygen atoms in total. The van der Waals surface area contributed by atoms with E-state index in [1.807, 2.05) is 0 Å². The lowest BCUT2D eigenvalue weighted by Gasteiger charge is -2.07. The van der Waals surface area contributed by atoms with E-state index in [9.17, 15) is 18.8 Å². The molecule has 2 N–H and O–H groups in total. The number of anilines is 1. The molecule has 0 bridgehead atoms. The van der Waals surface area contributed by atoms with Crippen LogP contribution in [-0.4, -0.2) is 15.7 Å². The average molecular weight is 312 g/mol. The van der Waals surface area contributed by atoms with Gasteiger partial charge in [-0.1, -0.05) is 11.6 Å². The monoisotopic (exact) mass is 311 g/mol. The predicted molar refractivity (Wildman–Crippen MR) is 76.0 cm³/mol. The highest BCUT2D eigenvalue weighted by atomic mass is 35.5. The van der Waals surface area contributed by atoms with E-state index in [-0.39, 0.29) is 18.0 Å². The molecule has 0 aliphatic carbocycles. The minimum Gasteiger partial charge on any atom is -0.326 e. The van der Waals surface area contributed by atoms with Gasteiger partial charge in [0.1, 0.15) is 5.82 Å². The van der Waals surface area contributed by atoms with E-state index in [2.05, 4.69) is 10.4 Å². The van der Waals surface area contributed by atoms with Crippen LogP contribution in [-0.2, 0) is 11.3 Å². The fourth-order valence-electron chi connectivity index (χ4n) is 1.64. The van der Waals surface area contributed by atoms with Gasteiger partial charge in [0.15, 0.2) is 0 Å². The van der Waals surface area contributed by atoms with Crippen molar-refractivity contribution in [2.45, 2.75) is 13.0 Å². The van der Waals surface area contributed by atoms with Crippen LogP contribution in [0.4, 0.5) is 10.1 Å². The molecule has 2 aromatic rings. The van der Waals surface area contributed by atoms with Crippen LogP contribution < -0.4 is 16.4 Å². The number of carbonyl (C=O) groups excluding carboxylic acids is 1. The third kappa shape index (κ3) is 4.03. The topological polar surface area (TPSA) is 84.0 Å². The van der Waals surface area contributed by atoms with E-state index in [1.165, 1.54) is 12.1 Å². The normalized spacial score (nSPS) is 10.4. The van der Waals surface area contributed by atoms with E-state index in [4.69, 9.17) is 11.6 Å². The van der Waals surface area contributed by atoms with E-state index in [1.54, 1.807) is 0 Å². The Balaban J connectivity index is 1.99. The first kappa shape index (κ1) is 15.0. The number of nitrogens with zero attached hydrogens (tertiary/aromatic N) is 1. The second-order valence-corrected chi connectivity index (χ2v) is 4.63. The highest BCUT2D eigenvalue weighted by molar-refractivity contribution is 6.31. The van der Waals surface area contributed by atoms with Crippen molar-refractivity contribution in [2.24, 2.45) is 0 Å². The molecule has 0 unspecified atom stereocenters. The number of aromatic nitrogens is 2. The van der Waals surface area contributed by atoms with Gasteiger partial charge in [-0.25, -0.2) is 9.07 Å². The molecular formula is C13H11ClFN3O3. The SMILES string of the molecule is O=C(CCn1[nH]c(=O)ccc1=O)Nc1ccc(F)c(Cl)c1. The van der Waals surface area contributed by atoms with Gasteiger partial charge in [0.05, 0.1) is 11.6 Å². The van der Waals surface area contributed by atoms with Gasteiger partial charge in [0.25, 0.3) is 11.1 Å². The number of halogens is 2. The number of aromatic amines is 1. The summed E-state index contributed by atoms with van der Waals surface area (Å²) in [5.41, 5.74) is -0.493. The average Bonchev–Trinajstić information content (AvgIpc) is 2.44. The number of hydrogen-bond donors (Lipinski definition) is 2. The number of H-pyrrole nitrogens is 1. The maximum absolute atomic E-state index is 13.0. The Morgan fingerprint density at radius 3 is 2.76 bits per heavy atom. The second kappa shape index (κ2) is 6.36. The lowest BCUT2D eigenvalue weighted by molar-refractivity contribution is -0.116. The maximum Gasteiger partial charge on any atom is 0.265 e. The van der Waals surface area contributed by atoms with Gasteiger partial charge >= 0.3 is 0 Å². The Labute approximate surface area is 123 Å². The molecule has 1 amide bonds. The van der Waals surface area contributed by atoms with Crippen molar-refractivity contribution in [1.29, 1.82) is 0 Å². The fraction of sp³-hybridized carbons (Fsp3) is 0.154. The number of aryl methyl sites for hydroxylation is 1. The number of amides is 1. The first-order valence-electron chi connectivity index (χ1n) is 6.01. The van der Waals surface area contributed by atoms with Crippen LogP contribution >= 0.6 is 11.6 Å². The van der Waals surface area contributed by atoms with E-state index in [0.29, 0.717) is 5.69 Å². The molecule has 1 heterocycles. The highest BCUT2D eigenvalue weighted by Crippen LogP contribution is 2.19. The zero-order valence-electron chi connectivity index (χ0n) is 10.7. The molecule has 0 spiro atoms. The molecule has 2 rings (SSSR count). The number of hydrogen-bond acceptors (Lipinski definition) is 3. The molecule has 0 atom stereocenters. The lowest BCUT2D eigenvalue weighted by Crippen LogP contribution is -2.29. The zero-order chi connectivity index (χ0) is 15.4. The molecule has 110 valence electrons. The van der Waals surface area contributed by atoms with Gasteiger partial charge in [-0.05, 0) is 18.2 Å². The van der Waals surface area contributed by atoms with Crippen LogP contribution in [0.25, 0.3) is 0 Å².